The van der Waals surface area contributed by atoms with Crippen LogP contribution < -0.4 is 5.32 Å². The Morgan fingerprint density at radius 3 is 2.73 bits per heavy atom. The minimum absolute atomic E-state index is 0.560. The predicted molar refractivity (Wildman–Crippen MR) is 69.8 cm³/mol. The first-order valence-corrected chi connectivity index (χ1v) is 6.55. The molecule has 0 bridgehead atoms. The van der Waals surface area contributed by atoms with Crippen LogP contribution in [0.5, 0.6) is 0 Å². The van der Waals surface area contributed by atoms with Crippen LogP contribution in [0, 0.1) is 0 Å². The fraction of sp³-hybridized carbons (Fsp3) is 0.500. The summed E-state index contributed by atoms with van der Waals surface area (Å²) in [7, 11) is 0. The first-order valence-electron chi connectivity index (χ1n) is 5.30. The molecule has 0 heterocycles. The van der Waals surface area contributed by atoms with Gasteiger partial charge in [-0.3, -0.25) is 0 Å². The Hall–Kier alpha value is -0.180. The maximum Gasteiger partial charge on any atom is 0.0545 e. The van der Waals surface area contributed by atoms with Crippen molar-refractivity contribution in [3.05, 3.63) is 28.8 Å². The molecular weight excluding hydrogens is 226 g/mol. The summed E-state index contributed by atoms with van der Waals surface area (Å²) in [4.78, 5) is 1.22. The summed E-state index contributed by atoms with van der Waals surface area (Å²) in [6.07, 6.45) is 0. The second kappa shape index (κ2) is 6.41. The molecule has 1 nitrogen and oxygen atoms in total. The van der Waals surface area contributed by atoms with Gasteiger partial charge in [0.15, 0.2) is 0 Å². The van der Waals surface area contributed by atoms with Gasteiger partial charge in [0.1, 0.15) is 0 Å². The van der Waals surface area contributed by atoms with E-state index in [1.807, 2.05) is 23.9 Å². The van der Waals surface area contributed by atoms with E-state index in [9.17, 15) is 0 Å². The molecule has 1 N–H and O–H groups in total. The Morgan fingerprint density at radius 1 is 1.40 bits per heavy atom. The van der Waals surface area contributed by atoms with E-state index in [1.54, 1.807) is 0 Å². The average Bonchev–Trinajstić information content (AvgIpc) is 2.18. The molecule has 0 aliphatic carbocycles. The van der Waals surface area contributed by atoms with Gasteiger partial charge in [0.05, 0.1) is 5.02 Å². The van der Waals surface area contributed by atoms with Gasteiger partial charge in [0.25, 0.3) is 0 Å². The van der Waals surface area contributed by atoms with Gasteiger partial charge in [-0.05, 0) is 18.2 Å². The van der Waals surface area contributed by atoms with Crippen molar-refractivity contribution in [1.29, 1.82) is 0 Å². The molecule has 0 fully saturated rings. The van der Waals surface area contributed by atoms with Crippen LogP contribution in [0.15, 0.2) is 23.1 Å². The van der Waals surface area contributed by atoms with E-state index >= 15 is 0 Å². The molecule has 0 saturated carbocycles. The minimum atomic E-state index is 0.560. The first-order chi connectivity index (χ1) is 7.15. The summed E-state index contributed by atoms with van der Waals surface area (Å²) >= 11 is 8.03. The van der Waals surface area contributed by atoms with Crippen molar-refractivity contribution in [3.8, 4) is 0 Å². The molecule has 0 saturated heterocycles. The highest BCUT2D eigenvalue weighted by molar-refractivity contribution is 8.00. The maximum absolute atomic E-state index is 6.20. The highest BCUT2D eigenvalue weighted by Crippen LogP contribution is 2.33. The van der Waals surface area contributed by atoms with E-state index in [1.165, 1.54) is 10.5 Å². The number of halogens is 1. The standard InChI is InChI=1S/C12H18ClNS/c1-4-14-8-10-6-5-7-11(13)12(10)15-9(2)3/h5-7,9,14H,4,8H2,1-3H3. The molecule has 1 rings (SSSR count). The van der Waals surface area contributed by atoms with Crippen molar-refractivity contribution < 1.29 is 0 Å². The molecule has 84 valence electrons. The Labute approximate surface area is 102 Å². The van der Waals surface area contributed by atoms with Gasteiger partial charge in [-0.25, -0.2) is 0 Å². The lowest BCUT2D eigenvalue weighted by Crippen LogP contribution is -2.12. The summed E-state index contributed by atoms with van der Waals surface area (Å²) in [6.45, 7) is 8.36. The van der Waals surface area contributed by atoms with Gasteiger partial charge in [-0.1, -0.05) is 44.5 Å². The van der Waals surface area contributed by atoms with Crippen LogP contribution in [-0.2, 0) is 6.54 Å². The lowest BCUT2D eigenvalue weighted by atomic mass is 10.2. The third kappa shape index (κ3) is 4.06. The molecule has 0 aliphatic heterocycles. The SMILES string of the molecule is CCNCc1cccc(Cl)c1SC(C)C. The Balaban J connectivity index is 2.87. The van der Waals surface area contributed by atoms with E-state index in [2.05, 4.69) is 32.2 Å². The van der Waals surface area contributed by atoms with Gasteiger partial charge in [-0.15, -0.1) is 11.8 Å². The smallest absolute Gasteiger partial charge is 0.0545 e. The molecule has 0 amide bonds. The average molecular weight is 244 g/mol. The zero-order chi connectivity index (χ0) is 11.3. The summed E-state index contributed by atoms with van der Waals surface area (Å²) < 4.78 is 0. The number of hydrogen-bond donors (Lipinski definition) is 1. The van der Waals surface area contributed by atoms with E-state index in [4.69, 9.17) is 11.6 Å². The van der Waals surface area contributed by atoms with Crippen LogP contribution in [-0.4, -0.2) is 11.8 Å². The van der Waals surface area contributed by atoms with Crippen LogP contribution in [0.4, 0.5) is 0 Å². The topological polar surface area (TPSA) is 12.0 Å². The predicted octanol–water partition coefficient (Wildman–Crippen LogP) is 3.95. The molecule has 0 aliphatic rings. The van der Waals surface area contributed by atoms with Crippen molar-refractivity contribution in [1.82, 2.24) is 5.32 Å². The number of hydrogen-bond acceptors (Lipinski definition) is 2. The fourth-order valence-corrected chi connectivity index (χ4v) is 2.59. The summed E-state index contributed by atoms with van der Waals surface area (Å²) in [5.41, 5.74) is 1.29. The van der Waals surface area contributed by atoms with E-state index in [0.29, 0.717) is 5.25 Å². The second-order valence-corrected chi connectivity index (χ2v) is 5.67. The van der Waals surface area contributed by atoms with E-state index in [-0.39, 0.29) is 0 Å². The number of nitrogens with one attached hydrogen (secondary N) is 1. The van der Waals surface area contributed by atoms with Crippen molar-refractivity contribution in [2.45, 2.75) is 37.5 Å². The molecule has 0 aromatic heterocycles. The minimum Gasteiger partial charge on any atom is -0.313 e. The maximum atomic E-state index is 6.20. The van der Waals surface area contributed by atoms with Crippen LogP contribution in [0.25, 0.3) is 0 Å². The van der Waals surface area contributed by atoms with Gasteiger partial charge in [0, 0.05) is 16.7 Å². The molecule has 0 unspecified atom stereocenters. The van der Waals surface area contributed by atoms with Crippen LogP contribution >= 0.6 is 23.4 Å². The molecule has 3 heteroatoms. The van der Waals surface area contributed by atoms with Crippen molar-refractivity contribution in [3.63, 3.8) is 0 Å². The largest absolute Gasteiger partial charge is 0.313 e. The molecule has 1 aromatic carbocycles. The zero-order valence-electron chi connectivity index (χ0n) is 9.51. The van der Waals surface area contributed by atoms with E-state index in [0.717, 1.165) is 18.1 Å². The monoisotopic (exact) mass is 243 g/mol. The summed E-state index contributed by atoms with van der Waals surface area (Å²) in [5, 5.41) is 4.76. The zero-order valence-corrected chi connectivity index (χ0v) is 11.1. The van der Waals surface area contributed by atoms with Crippen LogP contribution in [0.3, 0.4) is 0 Å². The Bertz CT molecular complexity index is 312. The quantitative estimate of drug-likeness (QED) is 0.786. The van der Waals surface area contributed by atoms with E-state index < -0.39 is 0 Å². The fourth-order valence-electron chi connectivity index (χ4n) is 1.32. The molecule has 0 atom stereocenters. The third-order valence-corrected chi connectivity index (χ3v) is 3.58. The van der Waals surface area contributed by atoms with Gasteiger partial charge < -0.3 is 5.32 Å². The molecule has 0 spiro atoms. The van der Waals surface area contributed by atoms with Crippen molar-refractivity contribution in [2.24, 2.45) is 0 Å². The Morgan fingerprint density at radius 2 is 2.13 bits per heavy atom. The number of thioether (sulfide) groups is 1. The highest BCUT2D eigenvalue weighted by Gasteiger charge is 2.08. The summed E-state index contributed by atoms with van der Waals surface area (Å²) in [6, 6.07) is 6.11. The molecule has 1 aromatic rings. The molecule has 0 radical (unpaired) electrons. The molecule has 15 heavy (non-hydrogen) atoms. The molecular formula is C12H18ClNS. The van der Waals surface area contributed by atoms with Crippen LogP contribution in [0.2, 0.25) is 5.02 Å². The second-order valence-electron chi connectivity index (χ2n) is 3.68. The number of benzene rings is 1. The lowest BCUT2D eigenvalue weighted by molar-refractivity contribution is 0.718. The van der Waals surface area contributed by atoms with Crippen molar-refractivity contribution in [2.75, 3.05) is 6.54 Å². The normalized spacial score (nSPS) is 11.0. The summed E-state index contributed by atoms with van der Waals surface area (Å²) in [5.74, 6) is 0. The van der Waals surface area contributed by atoms with Gasteiger partial charge in [-0.2, -0.15) is 0 Å². The van der Waals surface area contributed by atoms with Crippen LogP contribution in [0.1, 0.15) is 26.3 Å². The number of rotatable bonds is 5. The first kappa shape index (κ1) is 12.9. The Kier molecular flexibility index (Phi) is 5.51. The highest BCUT2D eigenvalue weighted by atomic mass is 35.5. The lowest BCUT2D eigenvalue weighted by Gasteiger charge is -2.13. The van der Waals surface area contributed by atoms with Crippen molar-refractivity contribution >= 4 is 23.4 Å². The van der Waals surface area contributed by atoms with Gasteiger partial charge in [0.2, 0.25) is 0 Å². The third-order valence-electron chi connectivity index (χ3n) is 1.97. The van der Waals surface area contributed by atoms with Gasteiger partial charge >= 0.3 is 0 Å².